The molecule has 5 nitrogen and oxygen atoms in total. The van der Waals surface area contributed by atoms with E-state index in [1.165, 1.54) is 12.8 Å². The van der Waals surface area contributed by atoms with Crippen LogP contribution in [-0.2, 0) is 15.6 Å². The first-order valence-electron chi connectivity index (χ1n) is 10.1. The van der Waals surface area contributed by atoms with Gasteiger partial charge in [-0.05, 0) is 69.8 Å². The second-order valence-corrected chi connectivity index (χ2v) is 10.3. The molecule has 1 aliphatic carbocycles. The quantitative estimate of drug-likeness (QED) is 0.726. The average Bonchev–Trinajstić information content (AvgIpc) is 3.43. The van der Waals surface area contributed by atoms with E-state index in [0.717, 1.165) is 43.5 Å². The van der Waals surface area contributed by atoms with Crippen LogP contribution in [0.25, 0.3) is 17.5 Å². The SMILES string of the molecule is C=Cc1ccc(-c2nc(CS(=O)(=O)[C@@H]3CC[C@H](N4CCCC4)C3)c(C)o2)cc1. The lowest BCUT2D eigenvalue weighted by Crippen LogP contribution is -2.32. The van der Waals surface area contributed by atoms with Gasteiger partial charge < -0.3 is 9.32 Å². The summed E-state index contributed by atoms with van der Waals surface area (Å²) in [4.78, 5) is 6.98. The molecule has 0 amide bonds. The van der Waals surface area contributed by atoms with Crippen molar-refractivity contribution in [2.45, 2.75) is 56.1 Å². The van der Waals surface area contributed by atoms with Crippen LogP contribution in [0.1, 0.15) is 49.1 Å². The topological polar surface area (TPSA) is 63.4 Å². The van der Waals surface area contributed by atoms with Gasteiger partial charge >= 0.3 is 0 Å². The Kier molecular flexibility index (Phi) is 5.43. The first-order valence-corrected chi connectivity index (χ1v) is 11.8. The van der Waals surface area contributed by atoms with Gasteiger partial charge in [0, 0.05) is 11.6 Å². The number of nitrogens with zero attached hydrogens (tertiary/aromatic N) is 2. The number of sulfone groups is 1. The molecule has 1 saturated heterocycles. The van der Waals surface area contributed by atoms with E-state index in [2.05, 4.69) is 16.5 Å². The third-order valence-electron chi connectivity index (χ3n) is 6.15. The fourth-order valence-corrected chi connectivity index (χ4v) is 6.33. The van der Waals surface area contributed by atoms with Gasteiger partial charge in [-0.3, -0.25) is 0 Å². The molecule has 28 heavy (non-hydrogen) atoms. The third-order valence-corrected chi connectivity index (χ3v) is 8.27. The van der Waals surface area contributed by atoms with Crippen molar-refractivity contribution in [3.05, 3.63) is 47.9 Å². The normalized spacial score (nSPS) is 23.3. The maximum atomic E-state index is 13.0. The molecule has 0 radical (unpaired) electrons. The van der Waals surface area contributed by atoms with Crippen molar-refractivity contribution in [3.63, 3.8) is 0 Å². The molecule has 0 spiro atoms. The monoisotopic (exact) mass is 400 g/mol. The molecule has 2 aliphatic rings. The molecule has 150 valence electrons. The van der Waals surface area contributed by atoms with E-state index in [1.807, 2.05) is 24.3 Å². The summed E-state index contributed by atoms with van der Waals surface area (Å²) in [7, 11) is -3.24. The van der Waals surface area contributed by atoms with E-state index >= 15 is 0 Å². The fourth-order valence-electron chi connectivity index (χ4n) is 4.44. The zero-order valence-corrected chi connectivity index (χ0v) is 17.2. The Hall–Kier alpha value is -1.92. The zero-order valence-electron chi connectivity index (χ0n) is 16.4. The summed E-state index contributed by atoms with van der Waals surface area (Å²) in [6, 6.07) is 8.14. The Bertz CT molecular complexity index is 941. The highest BCUT2D eigenvalue weighted by Gasteiger charge is 2.38. The zero-order chi connectivity index (χ0) is 19.7. The minimum absolute atomic E-state index is 0.0372. The lowest BCUT2D eigenvalue weighted by atomic mass is 10.1. The Morgan fingerprint density at radius 1 is 1.21 bits per heavy atom. The lowest BCUT2D eigenvalue weighted by Gasteiger charge is -2.23. The highest BCUT2D eigenvalue weighted by molar-refractivity contribution is 7.91. The Labute approximate surface area is 167 Å². The molecular weight excluding hydrogens is 372 g/mol. The fraction of sp³-hybridized carbons (Fsp3) is 0.500. The summed E-state index contributed by atoms with van der Waals surface area (Å²) in [6.07, 6.45) is 6.76. The lowest BCUT2D eigenvalue weighted by molar-refractivity contribution is 0.247. The second kappa shape index (κ2) is 7.84. The molecule has 2 atom stereocenters. The maximum Gasteiger partial charge on any atom is 0.226 e. The predicted molar refractivity (Wildman–Crippen MR) is 112 cm³/mol. The van der Waals surface area contributed by atoms with E-state index in [9.17, 15) is 8.42 Å². The van der Waals surface area contributed by atoms with Crippen LogP contribution in [0.15, 0.2) is 35.3 Å². The van der Waals surface area contributed by atoms with Gasteiger partial charge in [0.2, 0.25) is 5.89 Å². The minimum atomic E-state index is -3.24. The molecular formula is C22H28N2O3S. The van der Waals surface area contributed by atoms with Crippen LogP contribution >= 0.6 is 0 Å². The number of benzene rings is 1. The Morgan fingerprint density at radius 2 is 1.93 bits per heavy atom. The number of hydrogen-bond acceptors (Lipinski definition) is 5. The van der Waals surface area contributed by atoms with Gasteiger partial charge in [0.15, 0.2) is 9.84 Å². The van der Waals surface area contributed by atoms with Gasteiger partial charge in [0.05, 0.1) is 16.7 Å². The van der Waals surface area contributed by atoms with E-state index in [1.54, 1.807) is 13.0 Å². The number of likely N-dealkylation sites (tertiary alicyclic amines) is 1. The van der Waals surface area contributed by atoms with Crippen LogP contribution in [0.2, 0.25) is 0 Å². The van der Waals surface area contributed by atoms with Gasteiger partial charge in [-0.2, -0.15) is 0 Å². The molecule has 1 saturated carbocycles. The van der Waals surface area contributed by atoms with Gasteiger partial charge in [0.25, 0.3) is 0 Å². The Morgan fingerprint density at radius 3 is 2.61 bits per heavy atom. The summed E-state index contributed by atoms with van der Waals surface area (Å²) < 4.78 is 31.8. The first-order chi connectivity index (χ1) is 13.5. The summed E-state index contributed by atoms with van der Waals surface area (Å²) in [6.45, 7) is 7.78. The van der Waals surface area contributed by atoms with E-state index in [4.69, 9.17) is 4.42 Å². The highest BCUT2D eigenvalue weighted by Crippen LogP contribution is 2.33. The molecule has 2 aromatic rings. The summed E-state index contributed by atoms with van der Waals surface area (Å²) >= 11 is 0. The standard InChI is InChI=1S/C22H28N2O3S/c1-3-17-6-8-18(9-7-17)22-23-21(16(2)27-22)15-28(25,26)20-11-10-19(14-20)24-12-4-5-13-24/h3,6-9,19-20H,1,4-5,10-15H2,2H3/t19-,20+/m0/s1. The van der Waals surface area contributed by atoms with Crippen molar-refractivity contribution in [2.24, 2.45) is 0 Å². The van der Waals surface area contributed by atoms with Crippen LogP contribution < -0.4 is 0 Å². The van der Waals surface area contributed by atoms with E-state index in [0.29, 0.717) is 23.4 Å². The van der Waals surface area contributed by atoms with Crippen molar-refractivity contribution in [1.29, 1.82) is 0 Å². The van der Waals surface area contributed by atoms with Crippen LogP contribution in [0.3, 0.4) is 0 Å². The van der Waals surface area contributed by atoms with Crippen molar-refractivity contribution in [1.82, 2.24) is 9.88 Å². The van der Waals surface area contributed by atoms with E-state index in [-0.39, 0.29) is 11.0 Å². The second-order valence-electron chi connectivity index (χ2n) is 7.99. The molecule has 2 heterocycles. The average molecular weight is 401 g/mol. The van der Waals surface area contributed by atoms with E-state index < -0.39 is 9.84 Å². The smallest absolute Gasteiger partial charge is 0.226 e. The number of rotatable bonds is 6. The summed E-state index contributed by atoms with van der Waals surface area (Å²) in [5.74, 6) is 1.02. The largest absolute Gasteiger partial charge is 0.441 e. The molecule has 1 aliphatic heterocycles. The van der Waals surface area contributed by atoms with Gasteiger partial charge in [-0.1, -0.05) is 24.8 Å². The molecule has 2 fully saturated rings. The number of aromatic nitrogens is 1. The van der Waals surface area contributed by atoms with Gasteiger partial charge in [-0.15, -0.1) is 0 Å². The van der Waals surface area contributed by atoms with Gasteiger partial charge in [0.1, 0.15) is 5.76 Å². The first kappa shape index (κ1) is 19.4. The van der Waals surface area contributed by atoms with Crippen molar-refractivity contribution in [3.8, 4) is 11.5 Å². The van der Waals surface area contributed by atoms with Crippen molar-refractivity contribution >= 4 is 15.9 Å². The van der Waals surface area contributed by atoms with Crippen LogP contribution in [0.5, 0.6) is 0 Å². The molecule has 0 unspecified atom stereocenters. The van der Waals surface area contributed by atoms with Crippen LogP contribution in [0, 0.1) is 6.92 Å². The number of aryl methyl sites for hydroxylation is 1. The molecule has 4 rings (SSSR count). The third kappa shape index (κ3) is 3.94. The number of hydrogen-bond donors (Lipinski definition) is 0. The van der Waals surface area contributed by atoms with Crippen molar-refractivity contribution in [2.75, 3.05) is 13.1 Å². The highest BCUT2D eigenvalue weighted by atomic mass is 32.2. The molecule has 6 heteroatoms. The van der Waals surface area contributed by atoms with Gasteiger partial charge in [-0.25, -0.2) is 13.4 Å². The van der Waals surface area contributed by atoms with Crippen LogP contribution in [-0.4, -0.2) is 42.7 Å². The predicted octanol–water partition coefficient (Wildman–Crippen LogP) is 4.22. The molecule has 1 aromatic heterocycles. The molecule has 1 aromatic carbocycles. The molecule has 0 N–H and O–H groups in total. The summed E-state index contributed by atoms with van der Waals surface area (Å²) in [5.41, 5.74) is 2.39. The number of oxazole rings is 1. The maximum absolute atomic E-state index is 13.0. The summed E-state index contributed by atoms with van der Waals surface area (Å²) in [5, 5.41) is -0.260. The minimum Gasteiger partial charge on any atom is -0.441 e. The Balaban J connectivity index is 1.47. The van der Waals surface area contributed by atoms with Crippen LogP contribution in [0.4, 0.5) is 0 Å². The van der Waals surface area contributed by atoms with Crippen molar-refractivity contribution < 1.29 is 12.8 Å². The molecule has 0 bridgehead atoms.